The van der Waals surface area contributed by atoms with Gasteiger partial charge in [-0.3, -0.25) is 0 Å². The lowest BCUT2D eigenvalue weighted by Crippen LogP contribution is -2.38. The summed E-state index contributed by atoms with van der Waals surface area (Å²) in [5, 5.41) is 0. The first-order chi connectivity index (χ1) is 6.45. The van der Waals surface area contributed by atoms with E-state index in [0.717, 1.165) is 0 Å². The van der Waals surface area contributed by atoms with Crippen molar-refractivity contribution < 1.29 is 19.0 Å². The predicted molar refractivity (Wildman–Crippen MR) is 52.2 cm³/mol. The second kappa shape index (κ2) is 5.78. The van der Waals surface area contributed by atoms with E-state index in [-0.39, 0.29) is 5.57 Å². The van der Waals surface area contributed by atoms with Crippen LogP contribution >= 0.6 is 0 Å². The molecule has 4 nitrogen and oxygen atoms in total. The van der Waals surface area contributed by atoms with Crippen molar-refractivity contribution in [2.75, 3.05) is 13.2 Å². The molecule has 0 saturated heterocycles. The molecule has 0 saturated carbocycles. The van der Waals surface area contributed by atoms with Gasteiger partial charge in [0.15, 0.2) is 0 Å². The molecule has 4 heteroatoms. The van der Waals surface area contributed by atoms with Gasteiger partial charge < -0.3 is 14.2 Å². The molecule has 81 valence electrons. The van der Waals surface area contributed by atoms with Crippen LogP contribution in [0.4, 0.5) is 0 Å². The molecule has 0 aromatic carbocycles. The van der Waals surface area contributed by atoms with E-state index >= 15 is 0 Å². The van der Waals surface area contributed by atoms with E-state index in [9.17, 15) is 4.79 Å². The molecule has 14 heavy (non-hydrogen) atoms. The summed E-state index contributed by atoms with van der Waals surface area (Å²) in [5.74, 6) is -2.14. The van der Waals surface area contributed by atoms with Gasteiger partial charge in [-0.15, -0.1) is 0 Å². The molecule has 0 aliphatic heterocycles. The van der Waals surface area contributed by atoms with E-state index in [1.165, 1.54) is 0 Å². The normalized spacial score (nSPS) is 11.1. The summed E-state index contributed by atoms with van der Waals surface area (Å²) in [7, 11) is 0. The summed E-state index contributed by atoms with van der Waals surface area (Å²) in [6.07, 6.45) is 0. The van der Waals surface area contributed by atoms with Crippen LogP contribution in [0.3, 0.4) is 0 Å². The summed E-state index contributed by atoms with van der Waals surface area (Å²) in [4.78, 5) is 11.2. The molecule has 0 fully saturated rings. The highest BCUT2D eigenvalue weighted by atomic mass is 16.9. The quantitative estimate of drug-likeness (QED) is 0.372. The molecular weight excluding hydrogens is 184 g/mol. The Kier molecular flexibility index (Phi) is 5.42. The maximum atomic E-state index is 11.2. The second-order valence-electron chi connectivity index (χ2n) is 2.72. The summed E-state index contributed by atoms with van der Waals surface area (Å²) in [5.41, 5.74) is 0.275. The molecule has 0 N–H and O–H groups in total. The van der Waals surface area contributed by atoms with Crippen LogP contribution in [0.25, 0.3) is 0 Å². The third-order valence-electron chi connectivity index (χ3n) is 1.33. The van der Waals surface area contributed by atoms with Crippen molar-refractivity contribution in [1.82, 2.24) is 0 Å². The predicted octanol–water partition coefficient (Wildman–Crippen LogP) is 1.67. The number of carbonyl (C=O) groups is 1. The molecule has 0 unspecified atom stereocenters. The smallest absolute Gasteiger partial charge is 0.337 e. The Morgan fingerprint density at radius 3 is 2.00 bits per heavy atom. The van der Waals surface area contributed by atoms with Gasteiger partial charge in [0.2, 0.25) is 0 Å². The fourth-order valence-electron chi connectivity index (χ4n) is 0.769. The average molecular weight is 201 g/mol. The zero-order chi connectivity index (χ0) is 11.2. The highest BCUT2D eigenvalue weighted by Gasteiger charge is 2.30. The van der Waals surface area contributed by atoms with E-state index in [4.69, 9.17) is 14.2 Å². The lowest BCUT2D eigenvalue weighted by atomic mass is 10.4. The maximum absolute atomic E-state index is 11.2. The van der Waals surface area contributed by atoms with Gasteiger partial charge in [0.25, 0.3) is 0 Å². The summed E-state index contributed by atoms with van der Waals surface area (Å²) >= 11 is 0. The van der Waals surface area contributed by atoms with Crippen LogP contribution in [0.2, 0.25) is 0 Å². The summed E-state index contributed by atoms with van der Waals surface area (Å²) in [6, 6.07) is 0. The maximum Gasteiger partial charge on any atom is 0.337 e. The Morgan fingerprint density at radius 2 is 1.71 bits per heavy atom. The highest BCUT2D eigenvalue weighted by Crippen LogP contribution is 2.15. The molecular formula is C10H17O4. The van der Waals surface area contributed by atoms with E-state index in [0.29, 0.717) is 13.2 Å². The largest absolute Gasteiger partial charge is 0.404 e. The zero-order valence-corrected chi connectivity index (χ0v) is 8.96. The van der Waals surface area contributed by atoms with Crippen molar-refractivity contribution in [1.29, 1.82) is 0 Å². The number of carbonyl (C=O) groups excluding carboxylic acids is 1. The lowest BCUT2D eigenvalue weighted by Gasteiger charge is -2.27. The topological polar surface area (TPSA) is 44.8 Å². The van der Waals surface area contributed by atoms with Crippen molar-refractivity contribution in [3.8, 4) is 0 Å². The van der Waals surface area contributed by atoms with Crippen molar-refractivity contribution in [3.05, 3.63) is 19.1 Å². The monoisotopic (exact) mass is 201 g/mol. The Bertz CT molecular complexity index is 204. The minimum Gasteiger partial charge on any atom is -0.404 e. The van der Waals surface area contributed by atoms with Crippen LogP contribution in [-0.2, 0) is 19.0 Å². The first-order valence-corrected chi connectivity index (χ1v) is 4.47. The van der Waals surface area contributed by atoms with Gasteiger partial charge in [-0.1, -0.05) is 6.58 Å². The third-order valence-corrected chi connectivity index (χ3v) is 1.33. The van der Waals surface area contributed by atoms with Crippen LogP contribution in [-0.4, -0.2) is 25.2 Å². The van der Waals surface area contributed by atoms with Gasteiger partial charge in [0, 0.05) is 5.57 Å². The Morgan fingerprint density at radius 1 is 1.29 bits per heavy atom. The van der Waals surface area contributed by atoms with Crippen LogP contribution in [0, 0.1) is 6.92 Å². The van der Waals surface area contributed by atoms with Crippen LogP contribution < -0.4 is 0 Å². The van der Waals surface area contributed by atoms with E-state index in [1.807, 2.05) is 0 Å². The standard InChI is InChI=1S/C10H17O4/c1-6-12-10(5,13-7-2)14-9(11)8(3)4/h3,5-7H2,1-2,4H3. The first-order valence-electron chi connectivity index (χ1n) is 4.47. The molecule has 0 rings (SSSR count). The zero-order valence-electron chi connectivity index (χ0n) is 8.96. The van der Waals surface area contributed by atoms with Gasteiger partial charge in [-0.05, 0) is 20.8 Å². The van der Waals surface area contributed by atoms with Gasteiger partial charge >= 0.3 is 11.9 Å². The lowest BCUT2D eigenvalue weighted by molar-refractivity contribution is -0.331. The molecule has 1 radical (unpaired) electrons. The fraction of sp³-hybridized carbons (Fsp3) is 0.600. The summed E-state index contributed by atoms with van der Waals surface area (Å²) < 4.78 is 15.0. The molecule has 0 amide bonds. The third kappa shape index (κ3) is 4.39. The molecule has 0 aromatic heterocycles. The van der Waals surface area contributed by atoms with Crippen LogP contribution in [0.1, 0.15) is 20.8 Å². The second-order valence-corrected chi connectivity index (χ2v) is 2.72. The molecule has 0 atom stereocenters. The van der Waals surface area contributed by atoms with Gasteiger partial charge in [-0.2, -0.15) is 0 Å². The Labute approximate surface area is 84.8 Å². The van der Waals surface area contributed by atoms with Gasteiger partial charge in [-0.25, -0.2) is 4.79 Å². The van der Waals surface area contributed by atoms with Gasteiger partial charge in [0.1, 0.15) is 0 Å². The van der Waals surface area contributed by atoms with Crippen LogP contribution in [0.5, 0.6) is 0 Å². The van der Waals surface area contributed by atoms with E-state index < -0.39 is 11.9 Å². The highest BCUT2D eigenvalue weighted by molar-refractivity contribution is 5.87. The van der Waals surface area contributed by atoms with Crippen molar-refractivity contribution >= 4 is 5.97 Å². The Balaban J connectivity index is 4.35. The van der Waals surface area contributed by atoms with E-state index in [2.05, 4.69) is 13.5 Å². The molecule has 0 spiro atoms. The molecule has 0 aliphatic carbocycles. The molecule has 0 aliphatic rings. The van der Waals surface area contributed by atoms with Crippen molar-refractivity contribution in [2.45, 2.75) is 26.7 Å². The fourth-order valence-corrected chi connectivity index (χ4v) is 0.769. The van der Waals surface area contributed by atoms with Crippen molar-refractivity contribution in [3.63, 3.8) is 0 Å². The minimum atomic E-state index is -1.56. The number of rotatable bonds is 6. The summed E-state index contributed by atoms with van der Waals surface area (Å²) in [6.45, 7) is 12.7. The number of hydrogen-bond donors (Lipinski definition) is 0. The molecule has 0 bridgehead atoms. The number of hydrogen-bond acceptors (Lipinski definition) is 4. The molecule has 0 heterocycles. The average Bonchev–Trinajstić information content (AvgIpc) is 2.04. The molecule has 0 aromatic rings. The van der Waals surface area contributed by atoms with Crippen LogP contribution in [0.15, 0.2) is 12.2 Å². The SMILES string of the molecule is [CH2]C(OCC)(OCC)OC(=O)C(=C)C. The van der Waals surface area contributed by atoms with Gasteiger partial charge in [0.05, 0.1) is 20.1 Å². The van der Waals surface area contributed by atoms with Crippen molar-refractivity contribution in [2.24, 2.45) is 0 Å². The number of esters is 1. The minimum absolute atomic E-state index is 0.275. The van der Waals surface area contributed by atoms with E-state index in [1.54, 1.807) is 20.8 Å². The first kappa shape index (κ1) is 13.1. The Hall–Kier alpha value is -0.870. The number of ether oxygens (including phenoxy) is 3.